The second kappa shape index (κ2) is 5.01. The zero-order valence-corrected chi connectivity index (χ0v) is 9.62. The Morgan fingerprint density at radius 1 is 1.00 bits per heavy atom. The van der Waals surface area contributed by atoms with Crippen molar-refractivity contribution in [3.05, 3.63) is 30.3 Å². The summed E-state index contributed by atoms with van der Waals surface area (Å²) >= 11 is 0. The Hall–Kier alpha value is 0.286. The van der Waals surface area contributed by atoms with Crippen LogP contribution in [0.2, 0.25) is 0 Å². The molecule has 0 N–H and O–H groups in total. The van der Waals surface area contributed by atoms with Crippen LogP contribution in [0.15, 0.2) is 30.3 Å². The van der Waals surface area contributed by atoms with E-state index in [1.807, 2.05) is 0 Å². The van der Waals surface area contributed by atoms with Crippen LogP contribution in [0.5, 0.6) is 0 Å². The monoisotopic (exact) mass is 330 g/mol. The van der Waals surface area contributed by atoms with Crippen molar-refractivity contribution in [1.29, 1.82) is 0 Å². The summed E-state index contributed by atoms with van der Waals surface area (Å²) in [5.41, 5.74) is 0. The van der Waals surface area contributed by atoms with E-state index >= 15 is 0 Å². The fourth-order valence-electron chi connectivity index (χ4n) is 0.726. The van der Waals surface area contributed by atoms with Gasteiger partial charge < -0.3 is 0 Å². The standard InChI is InChI=1S/C8H11P.Os/c1-9(2)8-6-4-3-5-7-8;/h3-7H,1-2H3;. The van der Waals surface area contributed by atoms with Gasteiger partial charge in [-0.1, -0.05) is 38.3 Å². The van der Waals surface area contributed by atoms with E-state index in [2.05, 4.69) is 43.7 Å². The average Bonchev–Trinajstić information content (AvgIpc) is 1.90. The minimum atomic E-state index is 0. The van der Waals surface area contributed by atoms with Crippen LogP contribution in [-0.4, -0.2) is 13.3 Å². The molecule has 0 radical (unpaired) electrons. The number of rotatable bonds is 1. The van der Waals surface area contributed by atoms with E-state index in [4.69, 9.17) is 0 Å². The van der Waals surface area contributed by atoms with Crippen LogP contribution < -0.4 is 5.30 Å². The number of hydrogen-bond acceptors (Lipinski definition) is 0. The van der Waals surface area contributed by atoms with Crippen LogP contribution in [0.4, 0.5) is 0 Å². The fourth-order valence-corrected chi connectivity index (χ4v) is 1.49. The van der Waals surface area contributed by atoms with Crippen molar-refractivity contribution < 1.29 is 19.8 Å². The summed E-state index contributed by atoms with van der Waals surface area (Å²) in [6.45, 7) is 4.54. The third-order valence-electron chi connectivity index (χ3n) is 1.27. The Bertz CT molecular complexity index is 172. The molecule has 0 saturated carbocycles. The summed E-state index contributed by atoms with van der Waals surface area (Å²) in [5.74, 6) is 0. The van der Waals surface area contributed by atoms with Gasteiger partial charge in [0, 0.05) is 19.8 Å². The maximum Gasteiger partial charge on any atom is 0 e. The molecule has 0 aliphatic rings. The predicted molar refractivity (Wildman–Crippen MR) is 44.8 cm³/mol. The largest absolute Gasteiger partial charge is 0.0817 e. The molecule has 0 unspecified atom stereocenters. The summed E-state index contributed by atoms with van der Waals surface area (Å²) in [7, 11) is 0.104. The van der Waals surface area contributed by atoms with Crippen LogP contribution in [0.3, 0.4) is 0 Å². The Balaban J connectivity index is 0.000000810. The van der Waals surface area contributed by atoms with Crippen molar-refractivity contribution in [2.24, 2.45) is 0 Å². The maximum atomic E-state index is 2.27. The van der Waals surface area contributed by atoms with Gasteiger partial charge in [-0.15, -0.1) is 0 Å². The van der Waals surface area contributed by atoms with E-state index in [-0.39, 0.29) is 27.7 Å². The molecule has 0 saturated heterocycles. The van der Waals surface area contributed by atoms with Gasteiger partial charge in [0.25, 0.3) is 0 Å². The molecule has 10 heavy (non-hydrogen) atoms. The molecule has 0 heterocycles. The van der Waals surface area contributed by atoms with Gasteiger partial charge in [0.1, 0.15) is 0 Å². The summed E-state index contributed by atoms with van der Waals surface area (Å²) in [4.78, 5) is 0. The quantitative estimate of drug-likeness (QED) is 0.692. The zero-order valence-electron chi connectivity index (χ0n) is 6.19. The minimum absolute atomic E-state index is 0. The Morgan fingerprint density at radius 2 is 1.50 bits per heavy atom. The van der Waals surface area contributed by atoms with Gasteiger partial charge in [-0.05, 0) is 18.6 Å². The van der Waals surface area contributed by atoms with Crippen LogP contribution in [0.1, 0.15) is 0 Å². The second-order valence-electron chi connectivity index (χ2n) is 2.23. The molecule has 0 bridgehead atoms. The first kappa shape index (κ1) is 10.3. The van der Waals surface area contributed by atoms with Crippen molar-refractivity contribution in [2.45, 2.75) is 0 Å². The van der Waals surface area contributed by atoms with Gasteiger partial charge >= 0.3 is 0 Å². The number of benzene rings is 1. The molecule has 0 aliphatic carbocycles. The Labute approximate surface area is 76.8 Å². The minimum Gasteiger partial charge on any atom is -0.0817 e. The Kier molecular flexibility index (Phi) is 5.15. The van der Waals surface area contributed by atoms with Gasteiger partial charge in [-0.3, -0.25) is 0 Å². The third kappa shape index (κ3) is 2.91. The van der Waals surface area contributed by atoms with Crippen LogP contribution in [0.25, 0.3) is 0 Å². The van der Waals surface area contributed by atoms with Crippen LogP contribution in [-0.2, 0) is 19.8 Å². The first-order valence-corrected chi connectivity index (χ1v) is 5.26. The Morgan fingerprint density at radius 3 is 1.80 bits per heavy atom. The molecular formula is C8H11OsP. The second-order valence-corrected chi connectivity index (χ2v) is 4.54. The third-order valence-corrected chi connectivity index (χ3v) is 2.60. The molecule has 0 fully saturated rings. The summed E-state index contributed by atoms with van der Waals surface area (Å²) in [5, 5.41) is 1.48. The number of hydrogen-bond donors (Lipinski definition) is 0. The van der Waals surface area contributed by atoms with Gasteiger partial charge in [0.2, 0.25) is 0 Å². The van der Waals surface area contributed by atoms with Crippen molar-refractivity contribution in [1.82, 2.24) is 0 Å². The zero-order chi connectivity index (χ0) is 6.69. The van der Waals surface area contributed by atoms with E-state index in [0.29, 0.717) is 0 Å². The first-order valence-electron chi connectivity index (χ1n) is 3.03. The van der Waals surface area contributed by atoms with Gasteiger partial charge in [-0.25, -0.2) is 0 Å². The molecule has 0 amide bonds. The molecule has 56 valence electrons. The molecule has 2 heteroatoms. The van der Waals surface area contributed by atoms with Crippen molar-refractivity contribution in [3.8, 4) is 0 Å². The van der Waals surface area contributed by atoms with Crippen molar-refractivity contribution >= 4 is 13.2 Å². The van der Waals surface area contributed by atoms with Gasteiger partial charge in [-0.2, -0.15) is 0 Å². The van der Waals surface area contributed by atoms with Gasteiger partial charge in [0.15, 0.2) is 0 Å². The van der Waals surface area contributed by atoms with E-state index in [1.165, 1.54) is 5.30 Å². The average molecular weight is 328 g/mol. The van der Waals surface area contributed by atoms with E-state index in [0.717, 1.165) is 0 Å². The molecule has 1 rings (SSSR count). The molecular weight excluding hydrogens is 317 g/mol. The van der Waals surface area contributed by atoms with Crippen molar-refractivity contribution in [2.75, 3.05) is 13.3 Å². The SMILES string of the molecule is CP(C)c1ccccc1.[Os]. The normalized spacial score (nSPS) is 9.10. The molecule has 0 atom stereocenters. The van der Waals surface area contributed by atoms with Gasteiger partial charge in [0.05, 0.1) is 0 Å². The molecule has 1 aromatic carbocycles. The van der Waals surface area contributed by atoms with E-state index in [1.54, 1.807) is 0 Å². The first-order chi connectivity index (χ1) is 4.30. The van der Waals surface area contributed by atoms with Crippen LogP contribution >= 0.6 is 7.92 Å². The summed E-state index contributed by atoms with van der Waals surface area (Å²) in [6.07, 6.45) is 0. The summed E-state index contributed by atoms with van der Waals surface area (Å²) < 4.78 is 0. The molecule has 0 aliphatic heterocycles. The smallest absolute Gasteiger partial charge is 0 e. The fraction of sp³-hybridized carbons (Fsp3) is 0.250. The topological polar surface area (TPSA) is 0 Å². The van der Waals surface area contributed by atoms with E-state index in [9.17, 15) is 0 Å². The van der Waals surface area contributed by atoms with Crippen molar-refractivity contribution in [3.63, 3.8) is 0 Å². The van der Waals surface area contributed by atoms with Crippen LogP contribution in [0, 0.1) is 0 Å². The molecule has 1 aromatic rings. The molecule has 0 aromatic heterocycles. The predicted octanol–water partition coefficient (Wildman–Crippen LogP) is 2.05. The maximum absolute atomic E-state index is 2.27. The summed E-state index contributed by atoms with van der Waals surface area (Å²) in [6, 6.07) is 10.6. The molecule has 0 spiro atoms. The molecule has 0 nitrogen and oxygen atoms in total. The van der Waals surface area contributed by atoms with E-state index < -0.39 is 0 Å².